The number of nitrogens with zero attached hydrogens (tertiary/aromatic N) is 2. The van der Waals surface area contributed by atoms with E-state index >= 15 is 0 Å². The summed E-state index contributed by atoms with van der Waals surface area (Å²) in [5.74, 6) is -2.28. The fourth-order valence-electron chi connectivity index (χ4n) is 3.36. The van der Waals surface area contributed by atoms with Crippen LogP contribution in [0.3, 0.4) is 0 Å². The van der Waals surface area contributed by atoms with Gasteiger partial charge < -0.3 is 4.74 Å². The summed E-state index contributed by atoms with van der Waals surface area (Å²) in [5, 5.41) is 25.9. The molecule has 29 heavy (non-hydrogen) atoms. The molecule has 0 radical (unpaired) electrons. The van der Waals surface area contributed by atoms with Crippen molar-refractivity contribution >= 4 is 57.5 Å². The van der Waals surface area contributed by atoms with Crippen molar-refractivity contribution in [2.24, 2.45) is 5.92 Å². The van der Waals surface area contributed by atoms with Gasteiger partial charge in [-0.15, -0.1) is 11.3 Å². The molecule has 146 valence electrons. The average molecular weight is 442 g/mol. The van der Waals surface area contributed by atoms with E-state index in [0.717, 1.165) is 22.5 Å². The van der Waals surface area contributed by atoms with E-state index in [9.17, 15) is 14.9 Å². The predicted octanol–water partition coefficient (Wildman–Crippen LogP) is 2.34. The first-order chi connectivity index (χ1) is 14.1. The standard InChI is InChI=1S/C20H15N3O3S3/c1-2-26-20(25)16-15(12-4-6-28-10-12)13(8-21)17(22)23-18(24)14(29-19(16)23)7-11-3-5-27-9-11/h3-7,9-10,13,15,22H,2H2,1H3/b14-7+,22-17?. The van der Waals surface area contributed by atoms with Crippen LogP contribution in [0.2, 0.25) is 0 Å². The molecule has 9 heteroatoms. The molecular formula is C20H15N3O3S3. The number of fused-ring (bicyclic) bond motifs is 1. The van der Waals surface area contributed by atoms with Gasteiger partial charge in [0, 0.05) is 5.92 Å². The lowest BCUT2D eigenvalue weighted by atomic mass is 9.80. The molecule has 1 N–H and O–H groups in total. The van der Waals surface area contributed by atoms with Gasteiger partial charge in [-0.3, -0.25) is 14.8 Å². The Morgan fingerprint density at radius 1 is 1.34 bits per heavy atom. The third-order valence-electron chi connectivity index (χ3n) is 4.61. The summed E-state index contributed by atoms with van der Waals surface area (Å²) in [6.45, 7) is 1.89. The summed E-state index contributed by atoms with van der Waals surface area (Å²) >= 11 is 4.12. The summed E-state index contributed by atoms with van der Waals surface area (Å²) in [7, 11) is 0. The minimum atomic E-state index is -0.960. The molecule has 0 saturated heterocycles. The Labute approximate surface area is 177 Å². The minimum absolute atomic E-state index is 0.113. The second kappa shape index (κ2) is 7.91. The van der Waals surface area contributed by atoms with Crippen LogP contribution in [0.15, 0.2) is 38.4 Å². The molecule has 4 heterocycles. The van der Waals surface area contributed by atoms with Gasteiger partial charge in [-0.25, -0.2) is 4.79 Å². The Morgan fingerprint density at radius 3 is 2.72 bits per heavy atom. The highest BCUT2D eigenvalue weighted by atomic mass is 32.1. The lowest BCUT2D eigenvalue weighted by Crippen LogP contribution is -2.47. The number of carbonyl (C=O) groups excluding carboxylic acids is 1. The highest BCUT2D eigenvalue weighted by molar-refractivity contribution is 7.08. The molecule has 4 rings (SSSR count). The van der Waals surface area contributed by atoms with Crippen molar-refractivity contribution < 1.29 is 9.53 Å². The molecule has 2 atom stereocenters. The van der Waals surface area contributed by atoms with Gasteiger partial charge in [-0.2, -0.15) is 27.9 Å². The van der Waals surface area contributed by atoms with Crippen LogP contribution in [0.4, 0.5) is 0 Å². The van der Waals surface area contributed by atoms with E-state index in [-0.39, 0.29) is 18.0 Å². The maximum absolute atomic E-state index is 13.1. The van der Waals surface area contributed by atoms with Gasteiger partial charge in [0.25, 0.3) is 5.56 Å². The van der Waals surface area contributed by atoms with E-state index in [1.807, 2.05) is 33.7 Å². The van der Waals surface area contributed by atoms with Gasteiger partial charge in [0.2, 0.25) is 0 Å². The van der Waals surface area contributed by atoms with E-state index in [1.54, 1.807) is 13.0 Å². The molecule has 0 spiro atoms. The smallest absolute Gasteiger partial charge is 0.337 e. The summed E-state index contributed by atoms with van der Waals surface area (Å²) in [4.78, 5) is 26.0. The van der Waals surface area contributed by atoms with Gasteiger partial charge in [0.05, 0.1) is 22.8 Å². The molecule has 0 aliphatic carbocycles. The minimum Gasteiger partial charge on any atom is -0.463 e. The van der Waals surface area contributed by atoms with Gasteiger partial charge in [0.1, 0.15) is 16.4 Å². The quantitative estimate of drug-likeness (QED) is 0.629. The molecule has 0 aromatic carbocycles. The zero-order valence-electron chi connectivity index (χ0n) is 15.2. The number of hydrogen-bond donors (Lipinski definition) is 1. The lowest BCUT2D eigenvalue weighted by Gasteiger charge is -2.27. The zero-order chi connectivity index (χ0) is 20.5. The van der Waals surface area contributed by atoms with Gasteiger partial charge in [-0.05, 0) is 57.8 Å². The van der Waals surface area contributed by atoms with Crippen molar-refractivity contribution in [3.8, 4) is 6.07 Å². The third-order valence-corrected chi connectivity index (χ3v) is 7.12. The topological polar surface area (TPSA) is 95.9 Å². The van der Waals surface area contributed by atoms with Crippen LogP contribution in [-0.4, -0.2) is 23.0 Å². The number of hydrogen-bond acceptors (Lipinski definition) is 8. The van der Waals surface area contributed by atoms with Crippen LogP contribution < -0.4 is 14.8 Å². The summed E-state index contributed by atoms with van der Waals surface area (Å²) in [5.41, 5.74) is 1.51. The molecule has 6 nitrogen and oxygen atoms in total. The van der Waals surface area contributed by atoms with E-state index < -0.39 is 23.4 Å². The van der Waals surface area contributed by atoms with Crippen molar-refractivity contribution in [2.45, 2.75) is 12.8 Å². The lowest BCUT2D eigenvalue weighted by molar-refractivity contribution is -0.136. The number of nitrogens with one attached hydrogen (secondary N) is 1. The molecule has 0 bridgehead atoms. The fourth-order valence-corrected chi connectivity index (χ4v) is 5.85. The van der Waals surface area contributed by atoms with Crippen LogP contribution in [0, 0.1) is 22.7 Å². The maximum atomic E-state index is 13.1. The highest BCUT2D eigenvalue weighted by Crippen LogP contribution is 2.37. The Balaban J connectivity index is 2.09. The first-order valence-electron chi connectivity index (χ1n) is 8.74. The number of aromatic nitrogens is 1. The summed E-state index contributed by atoms with van der Waals surface area (Å²) < 4.78 is 7.24. The van der Waals surface area contributed by atoms with Crippen LogP contribution in [0.25, 0.3) is 11.6 Å². The molecule has 2 unspecified atom stereocenters. The number of carbonyl (C=O) groups is 1. The van der Waals surface area contributed by atoms with Crippen LogP contribution >= 0.6 is 34.0 Å². The first-order valence-corrected chi connectivity index (χ1v) is 11.4. The van der Waals surface area contributed by atoms with Crippen LogP contribution in [0.5, 0.6) is 0 Å². The SMILES string of the molecule is CCOC(=O)C1=c2s/c(=C/c3ccsc3)c(=O)n2C(=N)C(C#N)C1c1ccsc1. The molecule has 3 aromatic heterocycles. The molecule has 3 aromatic rings. The number of thiazole rings is 1. The number of thiophene rings is 2. The van der Waals surface area contributed by atoms with E-state index in [1.165, 1.54) is 27.2 Å². The van der Waals surface area contributed by atoms with Gasteiger partial charge >= 0.3 is 5.97 Å². The van der Waals surface area contributed by atoms with Gasteiger partial charge in [0.15, 0.2) is 0 Å². The van der Waals surface area contributed by atoms with Crippen molar-refractivity contribution in [1.29, 1.82) is 10.7 Å². The fraction of sp³-hybridized carbons (Fsp3) is 0.200. The molecule has 0 fully saturated rings. The Kier molecular flexibility index (Phi) is 5.32. The van der Waals surface area contributed by atoms with Crippen molar-refractivity contribution in [1.82, 2.24) is 4.57 Å². The Morgan fingerprint density at radius 2 is 2.10 bits per heavy atom. The third kappa shape index (κ3) is 3.29. The average Bonchev–Trinajstić information content (AvgIpc) is 3.45. The molecule has 0 saturated carbocycles. The van der Waals surface area contributed by atoms with E-state index in [0.29, 0.717) is 9.20 Å². The zero-order valence-corrected chi connectivity index (χ0v) is 17.7. The first kappa shape index (κ1) is 19.5. The second-order valence-electron chi connectivity index (χ2n) is 6.27. The molecule has 0 amide bonds. The number of ether oxygens (including phenoxy) is 1. The van der Waals surface area contributed by atoms with Crippen LogP contribution in [0.1, 0.15) is 24.0 Å². The predicted molar refractivity (Wildman–Crippen MR) is 115 cm³/mol. The highest BCUT2D eigenvalue weighted by Gasteiger charge is 2.41. The van der Waals surface area contributed by atoms with Crippen LogP contribution in [-0.2, 0) is 9.53 Å². The van der Waals surface area contributed by atoms with Crippen molar-refractivity contribution in [2.75, 3.05) is 6.61 Å². The largest absolute Gasteiger partial charge is 0.463 e. The normalized spacial score (nSPS) is 19.1. The van der Waals surface area contributed by atoms with Crippen molar-refractivity contribution in [3.63, 3.8) is 0 Å². The summed E-state index contributed by atoms with van der Waals surface area (Å²) in [6, 6.07) is 5.86. The maximum Gasteiger partial charge on any atom is 0.337 e. The second-order valence-corrected chi connectivity index (χ2v) is 8.86. The monoisotopic (exact) mass is 441 g/mol. The van der Waals surface area contributed by atoms with Gasteiger partial charge in [-0.1, -0.05) is 0 Å². The molecule has 1 aliphatic heterocycles. The molecular weight excluding hydrogens is 426 g/mol. The number of esters is 1. The molecule has 1 aliphatic rings. The Bertz CT molecular complexity index is 1290. The Hall–Kier alpha value is -2.80. The number of nitriles is 1. The van der Waals surface area contributed by atoms with Crippen molar-refractivity contribution in [3.05, 3.63) is 64.3 Å². The summed E-state index contributed by atoms with van der Waals surface area (Å²) in [6.07, 6.45) is 1.74. The van der Waals surface area contributed by atoms with E-state index in [2.05, 4.69) is 6.07 Å². The van der Waals surface area contributed by atoms with E-state index in [4.69, 9.17) is 10.1 Å². The number of rotatable bonds is 4.